The minimum atomic E-state index is -0.434. The zero-order valence-electron chi connectivity index (χ0n) is 18.0. The number of nitro groups is 1. The highest BCUT2D eigenvalue weighted by Gasteiger charge is 2.32. The molecule has 3 aromatic rings. The maximum Gasteiger partial charge on any atom is 0.269 e. The van der Waals surface area contributed by atoms with E-state index in [9.17, 15) is 14.9 Å². The average Bonchev–Trinajstić information content (AvgIpc) is 3.36. The highest BCUT2D eigenvalue weighted by molar-refractivity contribution is 8.26. The number of carbonyl (C=O) groups is 1. The topological polar surface area (TPSA) is 81.3 Å². The predicted molar refractivity (Wildman–Crippen MR) is 135 cm³/mol. The summed E-state index contributed by atoms with van der Waals surface area (Å²) >= 11 is 6.76. The largest absolute Gasteiger partial charge is 0.293 e. The lowest BCUT2D eigenvalue weighted by Crippen LogP contribution is -2.28. The minimum Gasteiger partial charge on any atom is -0.293 e. The molecule has 1 aliphatic heterocycles. The van der Waals surface area contributed by atoms with Crippen molar-refractivity contribution < 1.29 is 9.72 Å². The number of unbranched alkanes of at least 4 members (excludes halogenated alkanes) is 2. The smallest absolute Gasteiger partial charge is 0.269 e. The van der Waals surface area contributed by atoms with Gasteiger partial charge in [0, 0.05) is 36.0 Å². The molecule has 4 rings (SSSR count). The first-order valence-electron chi connectivity index (χ1n) is 10.6. The molecule has 0 N–H and O–H groups in total. The Hall–Kier alpha value is -3.30. The van der Waals surface area contributed by atoms with E-state index < -0.39 is 4.92 Å². The van der Waals surface area contributed by atoms with E-state index in [4.69, 9.17) is 17.3 Å². The number of thioether (sulfide) groups is 1. The van der Waals surface area contributed by atoms with Gasteiger partial charge in [-0.25, -0.2) is 4.68 Å². The summed E-state index contributed by atoms with van der Waals surface area (Å²) in [4.78, 5) is 25.8. The van der Waals surface area contributed by atoms with Gasteiger partial charge in [0.15, 0.2) is 0 Å². The van der Waals surface area contributed by atoms with Gasteiger partial charge in [0.05, 0.1) is 21.2 Å². The third-order valence-corrected chi connectivity index (χ3v) is 6.64. The van der Waals surface area contributed by atoms with Gasteiger partial charge in [0.1, 0.15) is 4.32 Å². The summed E-state index contributed by atoms with van der Waals surface area (Å²) < 4.78 is 2.24. The number of amides is 1. The number of benzene rings is 2. The second kappa shape index (κ2) is 10.1. The Morgan fingerprint density at radius 3 is 2.52 bits per heavy atom. The fraction of sp³-hybridized carbons (Fsp3) is 0.208. The van der Waals surface area contributed by atoms with Crippen LogP contribution in [0.25, 0.3) is 23.0 Å². The summed E-state index contributed by atoms with van der Waals surface area (Å²) in [7, 11) is 0. The first-order chi connectivity index (χ1) is 16.0. The molecule has 2 heterocycles. The number of rotatable bonds is 8. The summed E-state index contributed by atoms with van der Waals surface area (Å²) in [6.07, 6.45) is 6.70. The zero-order valence-corrected chi connectivity index (χ0v) is 19.6. The van der Waals surface area contributed by atoms with Crippen molar-refractivity contribution in [2.45, 2.75) is 26.2 Å². The lowest BCUT2D eigenvalue weighted by atomic mass is 10.1. The van der Waals surface area contributed by atoms with Crippen LogP contribution in [0.5, 0.6) is 0 Å². The number of hydrogen-bond donors (Lipinski definition) is 0. The number of non-ortho nitro benzene ring substituents is 1. The first-order valence-corrected chi connectivity index (χ1v) is 11.9. The van der Waals surface area contributed by atoms with Crippen molar-refractivity contribution in [2.75, 3.05) is 6.54 Å². The fourth-order valence-corrected chi connectivity index (χ4v) is 4.83. The molecule has 0 saturated carbocycles. The number of carbonyl (C=O) groups excluding carboxylic acids is 1. The van der Waals surface area contributed by atoms with E-state index in [1.54, 1.807) is 21.7 Å². The van der Waals surface area contributed by atoms with Crippen LogP contribution in [-0.4, -0.2) is 36.4 Å². The summed E-state index contributed by atoms with van der Waals surface area (Å²) in [6, 6.07) is 15.9. The Balaban J connectivity index is 1.70. The maximum absolute atomic E-state index is 13.0. The van der Waals surface area contributed by atoms with Gasteiger partial charge in [0.2, 0.25) is 0 Å². The van der Waals surface area contributed by atoms with E-state index in [2.05, 4.69) is 6.92 Å². The number of nitro benzene ring substituents is 1. The molecule has 1 fully saturated rings. The summed E-state index contributed by atoms with van der Waals surface area (Å²) in [5.41, 5.74) is 3.09. The number of aromatic nitrogens is 2. The van der Waals surface area contributed by atoms with Crippen molar-refractivity contribution in [3.05, 3.63) is 81.4 Å². The van der Waals surface area contributed by atoms with Gasteiger partial charge in [-0.1, -0.05) is 74.1 Å². The Morgan fingerprint density at radius 2 is 1.85 bits per heavy atom. The normalized spacial score (nSPS) is 14.9. The molecule has 0 atom stereocenters. The van der Waals surface area contributed by atoms with Crippen LogP contribution >= 0.6 is 24.0 Å². The van der Waals surface area contributed by atoms with E-state index in [1.165, 1.54) is 23.9 Å². The monoisotopic (exact) mass is 478 g/mol. The molecule has 7 nitrogen and oxygen atoms in total. The summed E-state index contributed by atoms with van der Waals surface area (Å²) in [6.45, 7) is 2.75. The van der Waals surface area contributed by atoms with Crippen molar-refractivity contribution in [1.82, 2.24) is 14.7 Å². The SMILES string of the molecule is CCCCCN1C(=O)C(=Cc2cn(-c3ccc([N+](=O)[O-])cc3)nc2-c2ccccc2)SC1=S. The molecule has 0 unspecified atom stereocenters. The van der Waals surface area contributed by atoms with Gasteiger partial charge in [-0.15, -0.1) is 0 Å². The van der Waals surface area contributed by atoms with Crippen molar-refractivity contribution in [3.8, 4) is 16.9 Å². The molecule has 0 aliphatic carbocycles. The number of thiocarbonyl (C=S) groups is 1. The van der Waals surface area contributed by atoms with Gasteiger partial charge in [-0.2, -0.15) is 5.10 Å². The van der Waals surface area contributed by atoms with Gasteiger partial charge in [0.25, 0.3) is 11.6 Å². The lowest BCUT2D eigenvalue weighted by Gasteiger charge is -2.13. The Morgan fingerprint density at radius 1 is 1.12 bits per heavy atom. The third-order valence-electron chi connectivity index (χ3n) is 5.26. The Bertz CT molecular complexity index is 1220. The first kappa shape index (κ1) is 22.9. The van der Waals surface area contributed by atoms with Gasteiger partial charge < -0.3 is 0 Å². The lowest BCUT2D eigenvalue weighted by molar-refractivity contribution is -0.384. The van der Waals surface area contributed by atoms with E-state index in [0.717, 1.165) is 30.4 Å². The molecule has 0 bridgehead atoms. The maximum atomic E-state index is 13.0. The second-order valence-electron chi connectivity index (χ2n) is 7.56. The molecule has 1 aromatic heterocycles. The van der Waals surface area contributed by atoms with Crippen LogP contribution in [0.15, 0.2) is 65.7 Å². The molecular weight excluding hydrogens is 456 g/mol. The molecule has 168 valence electrons. The molecule has 1 aliphatic rings. The van der Waals surface area contributed by atoms with E-state index >= 15 is 0 Å². The van der Waals surface area contributed by atoms with Crippen molar-refractivity contribution >= 4 is 46.0 Å². The summed E-state index contributed by atoms with van der Waals surface area (Å²) in [5, 5.41) is 15.7. The number of nitrogens with zero attached hydrogens (tertiary/aromatic N) is 4. The quantitative estimate of drug-likeness (QED) is 0.133. The summed E-state index contributed by atoms with van der Waals surface area (Å²) in [5.74, 6) is -0.0804. The molecule has 1 amide bonds. The van der Waals surface area contributed by atoms with Crippen LogP contribution in [0.2, 0.25) is 0 Å². The van der Waals surface area contributed by atoms with Crippen molar-refractivity contribution in [3.63, 3.8) is 0 Å². The van der Waals surface area contributed by atoms with Crippen LogP contribution in [0.1, 0.15) is 31.7 Å². The molecular formula is C24H22N4O3S2. The molecule has 0 radical (unpaired) electrons. The molecule has 0 spiro atoms. The van der Waals surface area contributed by atoms with Gasteiger partial charge >= 0.3 is 0 Å². The Labute approximate surface area is 201 Å². The molecule has 1 saturated heterocycles. The average molecular weight is 479 g/mol. The van der Waals surface area contributed by atoms with Crippen molar-refractivity contribution in [2.24, 2.45) is 0 Å². The zero-order chi connectivity index (χ0) is 23.4. The van der Waals surface area contributed by atoms with E-state index in [1.807, 2.05) is 42.6 Å². The second-order valence-corrected chi connectivity index (χ2v) is 9.23. The van der Waals surface area contributed by atoms with E-state index in [-0.39, 0.29) is 11.6 Å². The highest BCUT2D eigenvalue weighted by Crippen LogP contribution is 2.35. The van der Waals surface area contributed by atoms with Gasteiger partial charge in [-0.05, 0) is 24.6 Å². The van der Waals surface area contributed by atoms with Gasteiger partial charge in [-0.3, -0.25) is 19.8 Å². The Kier molecular flexibility index (Phi) is 7.00. The van der Waals surface area contributed by atoms with Crippen LogP contribution < -0.4 is 0 Å². The van der Waals surface area contributed by atoms with E-state index in [0.29, 0.717) is 27.2 Å². The minimum absolute atomic E-state index is 0.0150. The number of hydrogen-bond acceptors (Lipinski definition) is 6. The van der Waals surface area contributed by atoms with Crippen LogP contribution in [-0.2, 0) is 4.79 Å². The standard InChI is InChI=1S/C24H22N4O3S2/c1-2-3-7-14-26-23(29)21(33-24(26)32)15-18-16-27(19-10-12-20(13-11-19)28(30)31)25-22(18)17-8-5-4-6-9-17/h4-6,8-13,15-16H,2-3,7,14H2,1H3. The molecule has 9 heteroatoms. The van der Waals surface area contributed by atoms with Crippen LogP contribution in [0.4, 0.5) is 5.69 Å². The van der Waals surface area contributed by atoms with Crippen LogP contribution in [0, 0.1) is 10.1 Å². The highest BCUT2D eigenvalue weighted by atomic mass is 32.2. The molecule has 33 heavy (non-hydrogen) atoms. The van der Waals surface area contributed by atoms with Crippen molar-refractivity contribution in [1.29, 1.82) is 0 Å². The van der Waals surface area contributed by atoms with Crippen LogP contribution in [0.3, 0.4) is 0 Å². The molecule has 2 aromatic carbocycles. The predicted octanol–water partition coefficient (Wildman–Crippen LogP) is 5.84. The third kappa shape index (κ3) is 5.04. The fourth-order valence-electron chi connectivity index (χ4n) is 3.53.